The lowest BCUT2D eigenvalue weighted by atomic mass is 10.3. The summed E-state index contributed by atoms with van der Waals surface area (Å²) in [5, 5.41) is 4.49. The molecule has 0 fully saturated rings. The maximum absolute atomic E-state index is 10.8. The standard InChI is InChI=1S/C15H16N2OS/c1-13(18)19-10-6-5-7-14-11-16-17(12-14)15-8-3-2-4-9-15/h2-5,7-9,11-12H,6,10H2,1H3. The van der Waals surface area contributed by atoms with Crippen molar-refractivity contribution in [1.29, 1.82) is 0 Å². The summed E-state index contributed by atoms with van der Waals surface area (Å²) < 4.78 is 1.85. The number of para-hydroxylation sites is 1. The molecule has 2 rings (SSSR count). The van der Waals surface area contributed by atoms with E-state index in [9.17, 15) is 4.79 Å². The Morgan fingerprint density at radius 1 is 1.37 bits per heavy atom. The van der Waals surface area contributed by atoms with Gasteiger partial charge in [0, 0.05) is 24.4 Å². The summed E-state index contributed by atoms with van der Waals surface area (Å²) in [5.74, 6) is 0.832. The zero-order valence-electron chi connectivity index (χ0n) is 10.8. The highest BCUT2D eigenvalue weighted by Gasteiger charge is 1.97. The average molecular weight is 272 g/mol. The van der Waals surface area contributed by atoms with Crippen molar-refractivity contribution in [1.82, 2.24) is 9.78 Å². The zero-order valence-corrected chi connectivity index (χ0v) is 11.6. The summed E-state index contributed by atoms with van der Waals surface area (Å²) in [6, 6.07) is 10.0. The molecule has 0 bridgehead atoms. The second-order valence-electron chi connectivity index (χ2n) is 4.08. The van der Waals surface area contributed by atoms with Crippen LogP contribution in [0, 0.1) is 0 Å². The number of rotatable bonds is 5. The van der Waals surface area contributed by atoms with Gasteiger partial charge in [-0.25, -0.2) is 4.68 Å². The topological polar surface area (TPSA) is 34.9 Å². The highest BCUT2D eigenvalue weighted by molar-refractivity contribution is 8.13. The van der Waals surface area contributed by atoms with Gasteiger partial charge in [-0.2, -0.15) is 5.10 Å². The molecule has 0 atom stereocenters. The SMILES string of the molecule is CC(=O)SCCC=Cc1cnn(-c2ccccc2)c1. The van der Waals surface area contributed by atoms with Crippen LogP contribution in [0.25, 0.3) is 11.8 Å². The average Bonchev–Trinajstić information content (AvgIpc) is 2.88. The third-order valence-corrected chi connectivity index (χ3v) is 3.37. The van der Waals surface area contributed by atoms with E-state index in [1.54, 1.807) is 6.92 Å². The van der Waals surface area contributed by atoms with Crippen molar-refractivity contribution in [2.75, 3.05) is 5.75 Å². The molecule has 1 aromatic carbocycles. The van der Waals surface area contributed by atoms with E-state index in [0.29, 0.717) is 0 Å². The van der Waals surface area contributed by atoms with Gasteiger partial charge in [0.05, 0.1) is 11.9 Å². The monoisotopic (exact) mass is 272 g/mol. The third-order valence-electron chi connectivity index (χ3n) is 2.52. The Bertz CT molecular complexity index is 561. The first-order chi connectivity index (χ1) is 9.25. The Balaban J connectivity index is 1.91. The molecule has 0 N–H and O–H groups in total. The van der Waals surface area contributed by atoms with Crippen molar-refractivity contribution < 1.29 is 4.79 Å². The van der Waals surface area contributed by atoms with Gasteiger partial charge < -0.3 is 0 Å². The number of hydrogen-bond donors (Lipinski definition) is 0. The number of carbonyl (C=O) groups excluding carboxylic acids is 1. The van der Waals surface area contributed by atoms with E-state index in [0.717, 1.165) is 23.4 Å². The molecule has 1 aromatic heterocycles. The molecule has 19 heavy (non-hydrogen) atoms. The number of nitrogens with zero attached hydrogens (tertiary/aromatic N) is 2. The number of thioether (sulfide) groups is 1. The molecule has 0 amide bonds. The first-order valence-electron chi connectivity index (χ1n) is 6.16. The Labute approximate surface area is 117 Å². The van der Waals surface area contributed by atoms with Crippen molar-refractivity contribution in [3.05, 3.63) is 54.4 Å². The zero-order chi connectivity index (χ0) is 13.5. The Morgan fingerprint density at radius 3 is 2.89 bits per heavy atom. The summed E-state index contributed by atoms with van der Waals surface area (Å²) in [7, 11) is 0. The number of hydrogen-bond acceptors (Lipinski definition) is 3. The molecule has 0 unspecified atom stereocenters. The fourth-order valence-electron chi connectivity index (χ4n) is 1.63. The number of allylic oxidation sites excluding steroid dienone is 1. The second kappa shape index (κ2) is 6.95. The maximum atomic E-state index is 10.8. The van der Waals surface area contributed by atoms with E-state index in [1.165, 1.54) is 11.8 Å². The molecular formula is C15H16N2OS. The van der Waals surface area contributed by atoms with Crippen LogP contribution in [-0.2, 0) is 4.79 Å². The van der Waals surface area contributed by atoms with Gasteiger partial charge in [0.1, 0.15) is 0 Å². The molecule has 0 aliphatic carbocycles. The van der Waals surface area contributed by atoms with Gasteiger partial charge in [0.25, 0.3) is 0 Å². The predicted molar refractivity (Wildman–Crippen MR) is 80.4 cm³/mol. The molecule has 2 aromatic rings. The molecule has 0 saturated heterocycles. The summed E-state index contributed by atoms with van der Waals surface area (Å²) in [5.41, 5.74) is 2.12. The third kappa shape index (κ3) is 4.41. The van der Waals surface area contributed by atoms with E-state index in [4.69, 9.17) is 0 Å². The molecule has 1 heterocycles. The Hall–Kier alpha value is -1.81. The van der Waals surface area contributed by atoms with Crippen LogP contribution in [0.15, 0.2) is 48.8 Å². The van der Waals surface area contributed by atoms with Crippen LogP contribution < -0.4 is 0 Å². The highest BCUT2D eigenvalue weighted by Crippen LogP contribution is 2.10. The number of aromatic nitrogens is 2. The summed E-state index contributed by atoms with van der Waals surface area (Å²) in [6.07, 6.45) is 8.82. The second-order valence-corrected chi connectivity index (χ2v) is 5.36. The summed E-state index contributed by atoms with van der Waals surface area (Å²) in [6.45, 7) is 1.60. The summed E-state index contributed by atoms with van der Waals surface area (Å²) in [4.78, 5) is 10.8. The molecule has 0 aliphatic rings. The van der Waals surface area contributed by atoms with Crippen molar-refractivity contribution >= 4 is 23.0 Å². The lowest BCUT2D eigenvalue weighted by molar-refractivity contribution is -0.109. The highest BCUT2D eigenvalue weighted by atomic mass is 32.2. The quantitative estimate of drug-likeness (QED) is 0.781. The van der Waals surface area contributed by atoms with Crippen LogP contribution in [0.2, 0.25) is 0 Å². The predicted octanol–water partition coefficient (Wildman–Crippen LogP) is 3.56. The molecule has 98 valence electrons. The van der Waals surface area contributed by atoms with Gasteiger partial charge in [-0.15, -0.1) is 0 Å². The normalized spacial score (nSPS) is 11.0. The lowest BCUT2D eigenvalue weighted by Gasteiger charge is -1.98. The van der Waals surface area contributed by atoms with Crippen LogP contribution in [0.4, 0.5) is 0 Å². The minimum Gasteiger partial charge on any atom is -0.288 e. The minimum absolute atomic E-state index is 0.172. The number of benzene rings is 1. The fraction of sp³-hybridized carbons (Fsp3) is 0.200. The summed E-state index contributed by atoms with van der Waals surface area (Å²) >= 11 is 1.36. The van der Waals surface area contributed by atoms with Gasteiger partial charge in [-0.3, -0.25) is 4.79 Å². The molecule has 3 nitrogen and oxygen atoms in total. The van der Waals surface area contributed by atoms with Crippen LogP contribution in [0.1, 0.15) is 18.9 Å². The fourth-order valence-corrected chi connectivity index (χ4v) is 2.18. The van der Waals surface area contributed by atoms with E-state index >= 15 is 0 Å². The smallest absolute Gasteiger partial charge is 0.185 e. The van der Waals surface area contributed by atoms with E-state index in [1.807, 2.05) is 53.5 Å². The molecule has 0 saturated carbocycles. The van der Waals surface area contributed by atoms with Crippen LogP contribution in [0.3, 0.4) is 0 Å². The van der Waals surface area contributed by atoms with Gasteiger partial charge in [0.2, 0.25) is 0 Å². The first-order valence-corrected chi connectivity index (χ1v) is 7.14. The van der Waals surface area contributed by atoms with Crippen LogP contribution in [-0.4, -0.2) is 20.6 Å². The van der Waals surface area contributed by atoms with Gasteiger partial charge >= 0.3 is 0 Å². The lowest BCUT2D eigenvalue weighted by Crippen LogP contribution is -1.92. The minimum atomic E-state index is 0.172. The molecule has 0 radical (unpaired) electrons. The molecule has 0 aliphatic heterocycles. The van der Waals surface area contributed by atoms with Gasteiger partial charge in [-0.05, 0) is 18.6 Å². The number of carbonyl (C=O) groups is 1. The van der Waals surface area contributed by atoms with E-state index in [-0.39, 0.29) is 5.12 Å². The molecular weight excluding hydrogens is 256 g/mol. The van der Waals surface area contributed by atoms with Crippen molar-refractivity contribution in [3.63, 3.8) is 0 Å². The Morgan fingerprint density at radius 2 is 2.16 bits per heavy atom. The molecule has 0 spiro atoms. The van der Waals surface area contributed by atoms with Crippen molar-refractivity contribution in [2.24, 2.45) is 0 Å². The van der Waals surface area contributed by atoms with Crippen LogP contribution in [0.5, 0.6) is 0 Å². The van der Waals surface area contributed by atoms with E-state index in [2.05, 4.69) is 11.2 Å². The largest absolute Gasteiger partial charge is 0.288 e. The van der Waals surface area contributed by atoms with Crippen molar-refractivity contribution in [3.8, 4) is 5.69 Å². The van der Waals surface area contributed by atoms with Gasteiger partial charge in [0.15, 0.2) is 5.12 Å². The first kappa shape index (κ1) is 13.6. The maximum Gasteiger partial charge on any atom is 0.185 e. The Kier molecular flexibility index (Phi) is 4.98. The van der Waals surface area contributed by atoms with Gasteiger partial charge in [-0.1, -0.05) is 42.1 Å². The molecule has 4 heteroatoms. The van der Waals surface area contributed by atoms with E-state index < -0.39 is 0 Å². The van der Waals surface area contributed by atoms with Crippen molar-refractivity contribution in [2.45, 2.75) is 13.3 Å². The van der Waals surface area contributed by atoms with Crippen LogP contribution >= 0.6 is 11.8 Å².